The summed E-state index contributed by atoms with van der Waals surface area (Å²) in [5, 5.41) is 1.78. The van der Waals surface area contributed by atoms with Crippen molar-refractivity contribution in [3.05, 3.63) is 17.0 Å². The molecule has 2 heterocycles. The fourth-order valence-corrected chi connectivity index (χ4v) is 5.05. The Kier molecular flexibility index (Phi) is 4.04. The molecule has 0 atom stereocenters. The van der Waals surface area contributed by atoms with Gasteiger partial charge in [-0.2, -0.15) is 4.31 Å². The summed E-state index contributed by atoms with van der Waals surface area (Å²) in [6.45, 7) is 5.00. The largest absolute Gasteiger partial charge is 0.373 e. The zero-order valence-corrected chi connectivity index (χ0v) is 12.7. The first-order chi connectivity index (χ1) is 8.35. The van der Waals surface area contributed by atoms with Gasteiger partial charge in [0.05, 0.1) is 12.2 Å². The topological polar surface area (TPSA) is 46.6 Å². The average molecular weight is 310 g/mol. The third kappa shape index (κ3) is 2.88. The normalized spacial score (nSPS) is 21.1. The van der Waals surface area contributed by atoms with Crippen LogP contribution in [0.25, 0.3) is 0 Å². The van der Waals surface area contributed by atoms with Gasteiger partial charge in [0.2, 0.25) is 0 Å². The molecule has 1 aliphatic rings. The smallest absolute Gasteiger partial charge is 0.252 e. The van der Waals surface area contributed by atoms with Gasteiger partial charge in [0.15, 0.2) is 0 Å². The van der Waals surface area contributed by atoms with Crippen LogP contribution < -0.4 is 0 Å². The van der Waals surface area contributed by atoms with Crippen molar-refractivity contribution >= 4 is 33.0 Å². The molecule has 7 heteroatoms. The summed E-state index contributed by atoms with van der Waals surface area (Å²) in [6, 6.07) is 1.65. The maximum atomic E-state index is 12.4. The van der Waals surface area contributed by atoms with Crippen LogP contribution in [0.4, 0.5) is 0 Å². The highest BCUT2D eigenvalue weighted by Crippen LogP contribution is 2.28. The van der Waals surface area contributed by atoms with Gasteiger partial charge in [-0.3, -0.25) is 0 Å². The summed E-state index contributed by atoms with van der Waals surface area (Å²) in [4.78, 5) is 0. The summed E-state index contributed by atoms with van der Waals surface area (Å²) in [7, 11) is -3.41. The van der Waals surface area contributed by atoms with Crippen molar-refractivity contribution in [2.24, 2.45) is 0 Å². The van der Waals surface area contributed by atoms with Crippen molar-refractivity contribution in [3.8, 4) is 0 Å². The van der Waals surface area contributed by atoms with E-state index < -0.39 is 15.6 Å². The number of hydrogen-bond donors (Lipinski definition) is 0. The van der Waals surface area contributed by atoms with Crippen molar-refractivity contribution in [1.82, 2.24) is 4.31 Å². The lowest BCUT2D eigenvalue weighted by molar-refractivity contribution is -0.0639. The molecule has 0 spiro atoms. The number of morpholine rings is 1. The minimum atomic E-state index is -3.41. The summed E-state index contributed by atoms with van der Waals surface area (Å²) >= 11 is 6.92. The summed E-state index contributed by atoms with van der Waals surface area (Å²) in [6.07, 6.45) is 0. The first kappa shape index (κ1) is 14.3. The Labute approximate surface area is 117 Å². The van der Waals surface area contributed by atoms with E-state index in [9.17, 15) is 8.42 Å². The third-order valence-corrected chi connectivity index (χ3v) is 6.39. The maximum Gasteiger partial charge on any atom is 0.252 e. The Bertz CT molecular complexity index is 524. The third-order valence-electron chi connectivity index (χ3n) is 2.77. The van der Waals surface area contributed by atoms with Crippen LogP contribution in [0.1, 0.15) is 19.4 Å². The lowest BCUT2D eigenvalue weighted by Crippen LogP contribution is -2.50. The van der Waals surface area contributed by atoms with Gasteiger partial charge in [-0.05, 0) is 30.9 Å². The van der Waals surface area contributed by atoms with Crippen LogP contribution in [0.3, 0.4) is 0 Å². The molecule has 1 saturated heterocycles. The highest BCUT2D eigenvalue weighted by Gasteiger charge is 2.35. The molecule has 1 aromatic heterocycles. The standard InChI is InChI=1S/C11H16ClNO3S2/c1-11(2)8-13(3-4-16-11)18(14,15)10-5-9(6-12)7-17-10/h5,7H,3-4,6,8H2,1-2H3. The highest BCUT2D eigenvalue weighted by atomic mass is 35.5. The molecule has 0 unspecified atom stereocenters. The molecule has 0 bridgehead atoms. The number of halogens is 1. The minimum Gasteiger partial charge on any atom is -0.373 e. The van der Waals surface area contributed by atoms with E-state index in [-0.39, 0.29) is 0 Å². The molecular weight excluding hydrogens is 294 g/mol. The molecule has 0 amide bonds. The van der Waals surface area contributed by atoms with Crippen LogP contribution in [0.15, 0.2) is 15.7 Å². The van der Waals surface area contributed by atoms with Gasteiger partial charge in [0.25, 0.3) is 10.0 Å². The van der Waals surface area contributed by atoms with E-state index in [2.05, 4.69) is 0 Å². The van der Waals surface area contributed by atoms with Gasteiger partial charge < -0.3 is 4.74 Å². The predicted octanol–water partition coefficient (Wildman–Crippen LogP) is 2.29. The molecule has 0 N–H and O–H groups in total. The van der Waals surface area contributed by atoms with Crippen molar-refractivity contribution < 1.29 is 13.2 Å². The first-order valence-electron chi connectivity index (χ1n) is 5.63. The molecule has 4 nitrogen and oxygen atoms in total. The van der Waals surface area contributed by atoms with E-state index in [1.807, 2.05) is 13.8 Å². The van der Waals surface area contributed by atoms with Crippen LogP contribution in [0.5, 0.6) is 0 Å². The number of hydrogen-bond acceptors (Lipinski definition) is 4. The van der Waals surface area contributed by atoms with Crippen LogP contribution in [-0.4, -0.2) is 38.0 Å². The molecule has 0 aliphatic carbocycles. The Morgan fingerprint density at radius 3 is 2.83 bits per heavy atom. The van der Waals surface area contributed by atoms with Gasteiger partial charge in [0, 0.05) is 19.0 Å². The quantitative estimate of drug-likeness (QED) is 0.805. The number of rotatable bonds is 3. The summed E-state index contributed by atoms with van der Waals surface area (Å²) in [5.41, 5.74) is 0.408. The van der Waals surface area contributed by atoms with E-state index in [1.165, 1.54) is 15.6 Å². The predicted molar refractivity (Wildman–Crippen MR) is 72.7 cm³/mol. The highest BCUT2D eigenvalue weighted by molar-refractivity contribution is 7.91. The van der Waals surface area contributed by atoms with Crippen molar-refractivity contribution in [2.75, 3.05) is 19.7 Å². The Hall–Kier alpha value is -0.140. The van der Waals surface area contributed by atoms with E-state index in [1.54, 1.807) is 11.4 Å². The Morgan fingerprint density at radius 2 is 2.28 bits per heavy atom. The molecular formula is C11H16ClNO3S2. The van der Waals surface area contributed by atoms with Crippen LogP contribution >= 0.6 is 22.9 Å². The first-order valence-corrected chi connectivity index (χ1v) is 8.48. The summed E-state index contributed by atoms with van der Waals surface area (Å²) in [5.74, 6) is 0.334. The second kappa shape index (κ2) is 5.09. The van der Waals surface area contributed by atoms with Gasteiger partial charge in [-0.25, -0.2) is 8.42 Å². The van der Waals surface area contributed by atoms with E-state index in [0.717, 1.165) is 5.56 Å². The molecule has 1 aromatic rings. The lowest BCUT2D eigenvalue weighted by Gasteiger charge is -2.37. The number of alkyl halides is 1. The van der Waals surface area contributed by atoms with Crippen LogP contribution in [0.2, 0.25) is 0 Å². The maximum absolute atomic E-state index is 12.4. The fraction of sp³-hybridized carbons (Fsp3) is 0.636. The van der Waals surface area contributed by atoms with Gasteiger partial charge in [0.1, 0.15) is 4.21 Å². The molecule has 1 aliphatic heterocycles. The monoisotopic (exact) mass is 309 g/mol. The lowest BCUT2D eigenvalue weighted by atomic mass is 10.1. The number of sulfonamides is 1. The number of nitrogens with zero attached hydrogens (tertiary/aromatic N) is 1. The molecule has 1 fully saturated rings. The molecule has 18 heavy (non-hydrogen) atoms. The molecule has 0 aromatic carbocycles. The summed E-state index contributed by atoms with van der Waals surface area (Å²) < 4.78 is 32.3. The number of ether oxygens (including phenoxy) is 1. The zero-order valence-electron chi connectivity index (χ0n) is 10.3. The Morgan fingerprint density at radius 1 is 1.56 bits per heavy atom. The van der Waals surface area contributed by atoms with E-state index >= 15 is 0 Å². The molecule has 2 rings (SSSR count). The number of thiophene rings is 1. The zero-order chi connectivity index (χ0) is 13.4. The fourth-order valence-electron chi connectivity index (χ4n) is 1.86. The minimum absolute atomic E-state index is 0.334. The SMILES string of the molecule is CC1(C)CN(S(=O)(=O)c2cc(CCl)cs2)CCO1. The second-order valence-corrected chi connectivity index (χ2v) is 8.20. The van der Waals surface area contributed by atoms with Crippen molar-refractivity contribution in [1.29, 1.82) is 0 Å². The van der Waals surface area contributed by atoms with Gasteiger partial charge in [-0.15, -0.1) is 22.9 Å². The molecule has 0 saturated carbocycles. The molecule has 0 radical (unpaired) electrons. The second-order valence-electron chi connectivity index (χ2n) is 4.85. The van der Waals surface area contributed by atoms with Gasteiger partial charge in [-0.1, -0.05) is 0 Å². The van der Waals surface area contributed by atoms with E-state index in [4.69, 9.17) is 16.3 Å². The van der Waals surface area contributed by atoms with Crippen molar-refractivity contribution in [2.45, 2.75) is 29.5 Å². The Balaban J connectivity index is 2.25. The average Bonchev–Trinajstić information content (AvgIpc) is 2.76. The molecule has 102 valence electrons. The van der Waals surface area contributed by atoms with Crippen LogP contribution in [-0.2, 0) is 20.6 Å². The van der Waals surface area contributed by atoms with Crippen molar-refractivity contribution in [3.63, 3.8) is 0 Å². The van der Waals surface area contributed by atoms with Crippen LogP contribution in [0, 0.1) is 0 Å². The van der Waals surface area contributed by atoms with E-state index in [0.29, 0.717) is 29.8 Å². The van der Waals surface area contributed by atoms with Gasteiger partial charge >= 0.3 is 0 Å².